The second kappa shape index (κ2) is 5.97. The molecule has 0 radical (unpaired) electrons. The number of ether oxygens (including phenoxy) is 1. The Balaban J connectivity index is 2.34. The molecule has 2 aromatic rings. The van der Waals surface area contributed by atoms with Gasteiger partial charge in [0.05, 0.1) is 27.6 Å². The van der Waals surface area contributed by atoms with Gasteiger partial charge in [-0.15, -0.1) is 0 Å². The topological polar surface area (TPSA) is 94.4 Å². The third kappa shape index (κ3) is 2.94. The standard InChI is InChI=1S/C11H8BrN3O4S/c1-19-9-6(3-2-4-7(9)15(17)18)10(16)14-11-13-5-8(12)20-11/h2-5H,1H3,(H,13,14,16). The van der Waals surface area contributed by atoms with E-state index in [9.17, 15) is 14.9 Å². The molecule has 2 rings (SSSR count). The number of nitrogens with zero attached hydrogens (tertiary/aromatic N) is 2. The van der Waals surface area contributed by atoms with Crippen LogP contribution in [-0.4, -0.2) is 22.9 Å². The Labute approximate surface area is 125 Å². The lowest BCUT2D eigenvalue weighted by atomic mass is 10.1. The Hall–Kier alpha value is -2.00. The number of halogens is 1. The van der Waals surface area contributed by atoms with Crippen molar-refractivity contribution in [1.29, 1.82) is 0 Å². The first-order valence-corrected chi connectivity index (χ1v) is 6.88. The summed E-state index contributed by atoms with van der Waals surface area (Å²) in [6.45, 7) is 0. The lowest BCUT2D eigenvalue weighted by Crippen LogP contribution is -2.13. The van der Waals surface area contributed by atoms with Gasteiger partial charge in [-0.25, -0.2) is 4.98 Å². The molecule has 0 saturated carbocycles. The summed E-state index contributed by atoms with van der Waals surface area (Å²) in [5.74, 6) is -0.599. The van der Waals surface area contributed by atoms with Crippen molar-refractivity contribution in [3.63, 3.8) is 0 Å². The molecule has 1 aromatic heterocycles. The number of carbonyl (C=O) groups excluding carboxylic acids is 1. The molecule has 1 aromatic carbocycles. The minimum atomic E-state index is -0.602. The van der Waals surface area contributed by atoms with Crippen molar-refractivity contribution in [2.75, 3.05) is 12.4 Å². The van der Waals surface area contributed by atoms with Crippen LogP contribution in [-0.2, 0) is 0 Å². The number of aromatic nitrogens is 1. The summed E-state index contributed by atoms with van der Waals surface area (Å²) in [5.41, 5.74) is -0.187. The van der Waals surface area contributed by atoms with Crippen molar-refractivity contribution in [2.24, 2.45) is 0 Å². The van der Waals surface area contributed by atoms with Gasteiger partial charge < -0.3 is 4.74 Å². The van der Waals surface area contributed by atoms with Crippen LogP contribution in [0.2, 0.25) is 0 Å². The maximum absolute atomic E-state index is 12.1. The normalized spacial score (nSPS) is 10.1. The molecule has 20 heavy (non-hydrogen) atoms. The molecule has 1 amide bonds. The van der Waals surface area contributed by atoms with Gasteiger partial charge in [0.15, 0.2) is 5.13 Å². The summed E-state index contributed by atoms with van der Waals surface area (Å²) in [6, 6.07) is 4.15. The first kappa shape index (κ1) is 14.4. The number of para-hydroxylation sites is 1. The summed E-state index contributed by atoms with van der Waals surface area (Å²) >= 11 is 4.46. The summed E-state index contributed by atoms with van der Waals surface area (Å²) in [7, 11) is 1.28. The van der Waals surface area contributed by atoms with E-state index >= 15 is 0 Å². The van der Waals surface area contributed by atoms with Crippen molar-refractivity contribution < 1.29 is 14.5 Å². The fourth-order valence-electron chi connectivity index (χ4n) is 1.54. The van der Waals surface area contributed by atoms with Gasteiger partial charge in [-0.2, -0.15) is 0 Å². The van der Waals surface area contributed by atoms with E-state index in [1.807, 2.05) is 0 Å². The number of anilines is 1. The number of benzene rings is 1. The lowest BCUT2D eigenvalue weighted by molar-refractivity contribution is -0.385. The average molecular weight is 358 g/mol. The highest BCUT2D eigenvalue weighted by Crippen LogP contribution is 2.31. The molecule has 0 aliphatic heterocycles. The number of nitro benzene ring substituents is 1. The number of methoxy groups -OCH3 is 1. The molecule has 9 heteroatoms. The first-order chi connectivity index (χ1) is 9.52. The average Bonchev–Trinajstić information content (AvgIpc) is 2.82. The van der Waals surface area contributed by atoms with Crippen molar-refractivity contribution >= 4 is 44.0 Å². The van der Waals surface area contributed by atoms with Gasteiger partial charge in [0.25, 0.3) is 5.91 Å². The van der Waals surface area contributed by atoms with Crippen LogP contribution in [0.15, 0.2) is 28.2 Å². The Kier molecular flexibility index (Phi) is 4.30. The van der Waals surface area contributed by atoms with Crippen LogP contribution in [0.25, 0.3) is 0 Å². The maximum Gasteiger partial charge on any atom is 0.311 e. The quantitative estimate of drug-likeness (QED) is 0.670. The SMILES string of the molecule is COc1c(C(=O)Nc2ncc(Br)s2)cccc1[N+](=O)[O-]. The number of hydrogen-bond donors (Lipinski definition) is 1. The summed E-state index contributed by atoms with van der Waals surface area (Å²) in [6.07, 6.45) is 1.55. The second-order valence-electron chi connectivity index (χ2n) is 3.54. The maximum atomic E-state index is 12.1. The van der Waals surface area contributed by atoms with E-state index in [-0.39, 0.29) is 17.0 Å². The Bertz CT molecular complexity index is 673. The van der Waals surface area contributed by atoms with Gasteiger partial charge in [-0.1, -0.05) is 17.4 Å². The van der Waals surface area contributed by atoms with Crippen LogP contribution in [0.1, 0.15) is 10.4 Å². The van der Waals surface area contributed by atoms with E-state index in [2.05, 4.69) is 26.2 Å². The van der Waals surface area contributed by atoms with Gasteiger partial charge in [-0.05, 0) is 22.0 Å². The van der Waals surface area contributed by atoms with Crippen molar-refractivity contribution in [3.05, 3.63) is 43.9 Å². The van der Waals surface area contributed by atoms with E-state index in [1.54, 1.807) is 6.20 Å². The fraction of sp³-hybridized carbons (Fsp3) is 0.0909. The van der Waals surface area contributed by atoms with Crippen LogP contribution in [0.5, 0.6) is 5.75 Å². The molecular weight excluding hydrogens is 350 g/mol. The highest BCUT2D eigenvalue weighted by atomic mass is 79.9. The van der Waals surface area contributed by atoms with Gasteiger partial charge in [-0.3, -0.25) is 20.2 Å². The van der Waals surface area contributed by atoms with Crippen molar-refractivity contribution in [3.8, 4) is 5.75 Å². The predicted octanol–water partition coefficient (Wildman–Crippen LogP) is 3.07. The molecule has 0 bridgehead atoms. The Morgan fingerprint density at radius 3 is 2.85 bits per heavy atom. The lowest BCUT2D eigenvalue weighted by Gasteiger charge is -2.07. The predicted molar refractivity (Wildman–Crippen MR) is 77.4 cm³/mol. The number of rotatable bonds is 4. The summed E-state index contributed by atoms with van der Waals surface area (Å²) < 4.78 is 5.74. The van der Waals surface area contributed by atoms with E-state index in [0.29, 0.717) is 5.13 Å². The molecule has 1 N–H and O–H groups in total. The first-order valence-electron chi connectivity index (χ1n) is 5.27. The molecule has 0 fully saturated rings. The van der Waals surface area contributed by atoms with E-state index < -0.39 is 10.8 Å². The van der Waals surface area contributed by atoms with Gasteiger partial charge in [0, 0.05) is 6.07 Å². The Morgan fingerprint density at radius 2 is 2.30 bits per heavy atom. The zero-order chi connectivity index (χ0) is 14.7. The highest BCUT2D eigenvalue weighted by Gasteiger charge is 2.22. The number of carbonyl (C=O) groups is 1. The molecule has 1 heterocycles. The van der Waals surface area contributed by atoms with Crippen molar-refractivity contribution in [1.82, 2.24) is 4.98 Å². The summed E-state index contributed by atoms with van der Waals surface area (Å²) in [4.78, 5) is 26.4. The van der Waals surface area contributed by atoms with E-state index in [1.165, 1.54) is 36.6 Å². The summed E-state index contributed by atoms with van der Waals surface area (Å²) in [5, 5.41) is 13.8. The van der Waals surface area contributed by atoms with Gasteiger partial charge in [0.1, 0.15) is 0 Å². The van der Waals surface area contributed by atoms with Crippen LogP contribution in [0, 0.1) is 10.1 Å². The molecule has 7 nitrogen and oxygen atoms in total. The van der Waals surface area contributed by atoms with Crippen LogP contribution in [0.4, 0.5) is 10.8 Å². The molecule has 0 spiro atoms. The van der Waals surface area contributed by atoms with Crippen LogP contribution < -0.4 is 10.1 Å². The van der Waals surface area contributed by atoms with E-state index in [0.717, 1.165) is 3.79 Å². The van der Waals surface area contributed by atoms with Gasteiger partial charge >= 0.3 is 5.69 Å². The largest absolute Gasteiger partial charge is 0.490 e. The molecule has 0 unspecified atom stereocenters. The molecule has 0 atom stereocenters. The molecule has 0 saturated heterocycles. The molecule has 0 aliphatic rings. The minimum absolute atomic E-state index is 0.0769. The highest BCUT2D eigenvalue weighted by molar-refractivity contribution is 9.11. The van der Waals surface area contributed by atoms with Crippen LogP contribution >= 0.6 is 27.3 Å². The number of thiazole rings is 1. The van der Waals surface area contributed by atoms with Crippen molar-refractivity contribution in [2.45, 2.75) is 0 Å². The third-order valence-electron chi connectivity index (χ3n) is 2.34. The Morgan fingerprint density at radius 1 is 1.55 bits per heavy atom. The van der Waals surface area contributed by atoms with Gasteiger partial charge in [0.2, 0.25) is 5.75 Å². The monoisotopic (exact) mass is 357 g/mol. The zero-order valence-electron chi connectivity index (χ0n) is 10.1. The third-order valence-corrected chi connectivity index (χ3v) is 3.73. The number of hydrogen-bond acceptors (Lipinski definition) is 6. The number of nitro groups is 1. The number of amides is 1. The van der Waals surface area contributed by atoms with Crippen LogP contribution in [0.3, 0.4) is 0 Å². The minimum Gasteiger partial charge on any atom is -0.490 e. The second-order valence-corrected chi connectivity index (χ2v) is 5.95. The fourth-order valence-corrected chi connectivity index (χ4v) is 2.64. The molecule has 0 aliphatic carbocycles. The van der Waals surface area contributed by atoms with E-state index in [4.69, 9.17) is 4.74 Å². The molecule has 104 valence electrons. The number of nitrogens with one attached hydrogen (secondary N) is 1. The zero-order valence-corrected chi connectivity index (χ0v) is 12.5. The smallest absolute Gasteiger partial charge is 0.311 e. The molecular formula is C11H8BrN3O4S.